The van der Waals surface area contributed by atoms with Gasteiger partial charge in [-0.25, -0.2) is 4.79 Å². The van der Waals surface area contributed by atoms with Crippen molar-refractivity contribution in [1.29, 1.82) is 0 Å². The van der Waals surface area contributed by atoms with E-state index in [0.717, 1.165) is 20.4 Å². The van der Waals surface area contributed by atoms with Gasteiger partial charge in [0.15, 0.2) is 0 Å². The fourth-order valence-electron chi connectivity index (χ4n) is 2.04. The van der Waals surface area contributed by atoms with Gasteiger partial charge < -0.3 is 10.1 Å². The number of ether oxygens (including phenoxy) is 1. The van der Waals surface area contributed by atoms with Crippen LogP contribution >= 0.6 is 23.4 Å². The van der Waals surface area contributed by atoms with Crippen LogP contribution in [-0.2, 0) is 4.74 Å². The lowest BCUT2D eigenvalue weighted by atomic mass is 10.1. The summed E-state index contributed by atoms with van der Waals surface area (Å²) in [5, 5.41) is 3.53. The molecule has 2 aromatic carbocycles. The Kier molecular flexibility index (Phi) is 3.85. The summed E-state index contributed by atoms with van der Waals surface area (Å²) in [5.41, 5.74) is 1.07. The molecule has 5 heteroatoms. The molecule has 3 nitrogen and oxygen atoms in total. The summed E-state index contributed by atoms with van der Waals surface area (Å²) in [7, 11) is 0. The molecule has 1 aliphatic heterocycles. The van der Waals surface area contributed by atoms with Crippen molar-refractivity contribution in [3.05, 3.63) is 59.1 Å². The Morgan fingerprint density at radius 1 is 1.15 bits per heavy atom. The van der Waals surface area contributed by atoms with E-state index in [1.165, 1.54) is 0 Å². The second-order valence-electron chi connectivity index (χ2n) is 4.39. The average molecular weight is 306 g/mol. The lowest BCUT2D eigenvalue weighted by Gasteiger charge is -2.13. The minimum atomic E-state index is -0.360. The fraction of sp³-hybridized carbons (Fsp3) is 0.133. The van der Waals surface area contributed by atoms with Crippen LogP contribution in [0.2, 0.25) is 5.02 Å². The largest absolute Gasteiger partial charge is 0.447 e. The highest BCUT2D eigenvalue weighted by Crippen LogP contribution is 2.34. The molecule has 1 heterocycles. The Morgan fingerprint density at radius 2 is 1.90 bits per heavy atom. The summed E-state index contributed by atoms with van der Waals surface area (Å²) >= 11 is 7.54. The molecule has 0 aliphatic carbocycles. The van der Waals surface area contributed by atoms with E-state index in [9.17, 15) is 4.79 Å². The molecule has 0 aromatic heterocycles. The Balaban J connectivity index is 1.86. The molecule has 1 N–H and O–H groups in total. The van der Waals surface area contributed by atoms with Gasteiger partial charge in [0.1, 0.15) is 6.61 Å². The lowest BCUT2D eigenvalue weighted by Crippen LogP contribution is -2.18. The van der Waals surface area contributed by atoms with Crippen molar-refractivity contribution < 1.29 is 9.53 Å². The smallest absolute Gasteiger partial charge is 0.407 e. The van der Waals surface area contributed by atoms with Gasteiger partial charge in [-0.15, -0.1) is 0 Å². The van der Waals surface area contributed by atoms with Gasteiger partial charge >= 0.3 is 6.09 Å². The highest BCUT2D eigenvalue weighted by molar-refractivity contribution is 7.99. The van der Waals surface area contributed by atoms with E-state index in [0.29, 0.717) is 6.61 Å². The molecule has 0 spiro atoms. The van der Waals surface area contributed by atoms with E-state index in [1.807, 2.05) is 48.5 Å². The summed E-state index contributed by atoms with van der Waals surface area (Å²) < 4.78 is 4.96. The van der Waals surface area contributed by atoms with Crippen LogP contribution in [-0.4, -0.2) is 12.7 Å². The Bertz CT molecular complexity index is 630. The van der Waals surface area contributed by atoms with E-state index in [2.05, 4.69) is 5.32 Å². The molecule has 3 rings (SSSR count). The zero-order valence-corrected chi connectivity index (χ0v) is 12.1. The maximum Gasteiger partial charge on any atom is 0.407 e. The van der Waals surface area contributed by atoms with Crippen LogP contribution in [0, 0.1) is 0 Å². The number of hydrogen-bond acceptors (Lipinski definition) is 3. The molecule has 0 bridgehead atoms. The summed E-state index contributed by atoms with van der Waals surface area (Å²) in [6, 6.07) is 15.6. The van der Waals surface area contributed by atoms with Crippen molar-refractivity contribution in [2.45, 2.75) is 15.8 Å². The number of benzene rings is 2. The first kappa shape index (κ1) is 13.3. The lowest BCUT2D eigenvalue weighted by molar-refractivity contribution is 0.177. The number of hydrogen-bond donors (Lipinski definition) is 1. The normalized spacial score (nSPS) is 17.6. The first-order valence-electron chi connectivity index (χ1n) is 6.18. The van der Waals surface area contributed by atoms with Crippen LogP contribution in [0.1, 0.15) is 11.6 Å². The highest BCUT2D eigenvalue weighted by atomic mass is 35.5. The maximum absolute atomic E-state index is 11.2. The molecule has 0 saturated carbocycles. The number of nitrogens with one attached hydrogen (secondary N) is 1. The SMILES string of the molecule is O=C1N[C@H](c2ccccc2Sc2ccc(Cl)cc2)CO1. The van der Waals surface area contributed by atoms with E-state index in [4.69, 9.17) is 16.3 Å². The van der Waals surface area contributed by atoms with Gasteiger partial charge in [-0.3, -0.25) is 0 Å². The minimum Gasteiger partial charge on any atom is -0.447 e. The monoisotopic (exact) mass is 305 g/mol. The minimum absolute atomic E-state index is 0.0847. The second-order valence-corrected chi connectivity index (χ2v) is 5.94. The molecule has 0 radical (unpaired) electrons. The predicted octanol–water partition coefficient (Wildman–Crippen LogP) is 4.27. The molecule has 0 unspecified atom stereocenters. The van der Waals surface area contributed by atoms with Crippen molar-refractivity contribution in [3.63, 3.8) is 0 Å². The molecule has 1 fully saturated rings. The fourth-order valence-corrected chi connectivity index (χ4v) is 3.17. The molecule has 20 heavy (non-hydrogen) atoms. The number of rotatable bonds is 3. The number of carbonyl (C=O) groups is 1. The Labute approximate surface area is 126 Å². The van der Waals surface area contributed by atoms with E-state index in [1.54, 1.807) is 11.8 Å². The third kappa shape index (κ3) is 2.92. The molecule has 2 aromatic rings. The van der Waals surface area contributed by atoms with Gasteiger partial charge in [-0.1, -0.05) is 41.6 Å². The highest BCUT2D eigenvalue weighted by Gasteiger charge is 2.25. The van der Waals surface area contributed by atoms with Crippen LogP contribution in [0.25, 0.3) is 0 Å². The number of amides is 1. The standard InChI is InChI=1S/C15H12ClNO2S/c16-10-5-7-11(8-6-10)20-14-4-2-1-3-12(14)13-9-19-15(18)17-13/h1-8,13H,9H2,(H,17,18)/t13-/m0/s1. The van der Waals surface area contributed by atoms with Crippen molar-refractivity contribution in [1.82, 2.24) is 5.32 Å². The van der Waals surface area contributed by atoms with Crippen LogP contribution < -0.4 is 5.32 Å². The number of alkyl carbamates (subject to hydrolysis) is 1. The maximum atomic E-state index is 11.2. The van der Waals surface area contributed by atoms with Gasteiger partial charge in [-0.2, -0.15) is 0 Å². The van der Waals surface area contributed by atoms with Crippen LogP contribution in [0.3, 0.4) is 0 Å². The molecule has 1 amide bonds. The van der Waals surface area contributed by atoms with Gasteiger partial charge in [0, 0.05) is 14.8 Å². The Hall–Kier alpha value is -1.65. The van der Waals surface area contributed by atoms with Crippen molar-refractivity contribution in [2.75, 3.05) is 6.61 Å². The van der Waals surface area contributed by atoms with Crippen LogP contribution in [0.4, 0.5) is 4.79 Å². The summed E-state index contributed by atoms with van der Waals surface area (Å²) in [4.78, 5) is 13.4. The van der Waals surface area contributed by atoms with Crippen LogP contribution in [0.15, 0.2) is 58.3 Å². The van der Waals surface area contributed by atoms with Crippen molar-refractivity contribution in [2.24, 2.45) is 0 Å². The quantitative estimate of drug-likeness (QED) is 0.920. The molecule has 1 saturated heterocycles. The van der Waals surface area contributed by atoms with E-state index < -0.39 is 0 Å². The van der Waals surface area contributed by atoms with Crippen LogP contribution in [0.5, 0.6) is 0 Å². The second kappa shape index (κ2) is 5.77. The zero-order valence-electron chi connectivity index (χ0n) is 10.5. The molecular formula is C15H12ClNO2S. The number of carbonyl (C=O) groups excluding carboxylic acids is 1. The van der Waals surface area contributed by atoms with Gasteiger partial charge in [0.2, 0.25) is 0 Å². The molecule has 102 valence electrons. The first-order valence-corrected chi connectivity index (χ1v) is 7.37. The molecule has 1 aliphatic rings. The third-order valence-corrected chi connectivity index (χ3v) is 4.36. The number of cyclic esters (lactones) is 1. The Morgan fingerprint density at radius 3 is 2.60 bits per heavy atom. The topological polar surface area (TPSA) is 38.3 Å². The van der Waals surface area contributed by atoms with Gasteiger partial charge in [-0.05, 0) is 35.9 Å². The van der Waals surface area contributed by atoms with Crippen molar-refractivity contribution in [3.8, 4) is 0 Å². The zero-order chi connectivity index (χ0) is 13.9. The van der Waals surface area contributed by atoms with E-state index in [-0.39, 0.29) is 12.1 Å². The summed E-state index contributed by atoms with van der Waals surface area (Å²) in [6.45, 7) is 0.372. The average Bonchev–Trinajstić information content (AvgIpc) is 2.88. The van der Waals surface area contributed by atoms with E-state index >= 15 is 0 Å². The third-order valence-electron chi connectivity index (χ3n) is 3.01. The molecular weight excluding hydrogens is 294 g/mol. The van der Waals surface area contributed by atoms with Crippen molar-refractivity contribution >= 4 is 29.5 Å². The van der Waals surface area contributed by atoms with Gasteiger partial charge in [0.05, 0.1) is 6.04 Å². The predicted molar refractivity (Wildman–Crippen MR) is 79.2 cm³/mol. The summed E-state index contributed by atoms with van der Waals surface area (Å²) in [6.07, 6.45) is -0.360. The first-order chi connectivity index (χ1) is 9.72. The van der Waals surface area contributed by atoms with Gasteiger partial charge in [0.25, 0.3) is 0 Å². The molecule has 1 atom stereocenters. The summed E-state index contributed by atoms with van der Waals surface area (Å²) in [5.74, 6) is 0. The number of halogens is 1.